The zero-order valence-corrected chi connectivity index (χ0v) is 16.5. The van der Waals surface area contributed by atoms with Gasteiger partial charge in [-0.3, -0.25) is 0 Å². The van der Waals surface area contributed by atoms with Crippen molar-refractivity contribution in [2.24, 2.45) is 0 Å². The highest BCUT2D eigenvalue weighted by molar-refractivity contribution is 5.87. The average Bonchev–Trinajstić information content (AvgIpc) is 3.60. The number of fused-ring (bicyclic) bond motifs is 1. The van der Waals surface area contributed by atoms with Crippen LogP contribution in [0.1, 0.15) is 0 Å². The number of nitrogens with zero attached hydrogens (tertiary/aromatic N) is 6. The number of morpholine rings is 1. The lowest BCUT2D eigenvalue weighted by Crippen LogP contribution is -2.37. The number of oxazole rings is 1. The minimum Gasteiger partial charge on any atom is -0.445 e. The predicted octanol–water partition coefficient (Wildman–Crippen LogP) is 3.57. The highest BCUT2D eigenvalue weighted by Gasteiger charge is 2.23. The SMILES string of the molecule is c1ccc(-c2ccn(-c3nc(N4CCOCC4)c4oc(-c5ncco5)cc4n3)n2)cc1. The van der Waals surface area contributed by atoms with Gasteiger partial charge < -0.3 is 18.5 Å². The Morgan fingerprint density at radius 3 is 2.65 bits per heavy atom. The molecule has 1 fully saturated rings. The minimum absolute atomic E-state index is 0.401. The van der Waals surface area contributed by atoms with Crippen LogP contribution in [0.3, 0.4) is 0 Å². The fourth-order valence-corrected chi connectivity index (χ4v) is 3.64. The summed E-state index contributed by atoms with van der Waals surface area (Å²) in [5.41, 5.74) is 3.14. The lowest BCUT2D eigenvalue weighted by Gasteiger charge is -2.27. The van der Waals surface area contributed by atoms with Crippen molar-refractivity contribution >= 4 is 16.9 Å². The van der Waals surface area contributed by atoms with Crippen molar-refractivity contribution < 1.29 is 13.6 Å². The number of ether oxygens (including phenoxy) is 1. The smallest absolute Gasteiger partial charge is 0.262 e. The van der Waals surface area contributed by atoms with Crippen LogP contribution >= 0.6 is 0 Å². The monoisotopic (exact) mass is 414 g/mol. The molecule has 5 heterocycles. The van der Waals surface area contributed by atoms with Gasteiger partial charge in [-0.2, -0.15) is 10.1 Å². The Labute approximate surface area is 176 Å². The molecule has 0 amide bonds. The molecule has 0 bridgehead atoms. The van der Waals surface area contributed by atoms with Gasteiger partial charge in [-0.05, 0) is 6.07 Å². The first-order valence-corrected chi connectivity index (χ1v) is 10.0. The Morgan fingerprint density at radius 2 is 1.84 bits per heavy atom. The van der Waals surface area contributed by atoms with Gasteiger partial charge in [-0.1, -0.05) is 30.3 Å². The van der Waals surface area contributed by atoms with Crippen LogP contribution in [-0.4, -0.2) is 51.0 Å². The summed E-state index contributed by atoms with van der Waals surface area (Å²) < 4.78 is 18.7. The number of furan rings is 1. The van der Waals surface area contributed by atoms with Gasteiger partial charge in [0.2, 0.25) is 0 Å². The Kier molecular flexibility index (Phi) is 4.24. The third-order valence-corrected chi connectivity index (χ3v) is 5.16. The number of aromatic nitrogens is 5. The van der Waals surface area contributed by atoms with Gasteiger partial charge in [0.15, 0.2) is 17.2 Å². The molecule has 5 aromatic rings. The summed E-state index contributed by atoms with van der Waals surface area (Å²) in [4.78, 5) is 15.8. The third-order valence-electron chi connectivity index (χ3n) is 5.16. The maximum absolute atomic E-state index is 6.07. The molecule has 0 atom stereocenters. The van der Waals surface area contributed by atoms with E-state index in [0.29, 0.717) is 47.7 Å². The van der Waals surface area contributed by atoms with Gasteiger partial charge in [0, 0.05) is 30.9 Å². The van der Waals surface area contributed by atoms with E-state index in [-0.39, 0.29) is 0 Å². The molecule has 0 saturated carbocycles. The van der Waals surface area contributed by atoms with Gasteiger partial charge in [-0.25, -0.2) is 14.6 Å². The van der Waals surface area contributed by atoms with E-state index in [1.165, 1.54) is 6.26 Å². The summed E-state index contributed by atoms with van der Waals surface area (Å²) in [6.45, 7) is 2.70. The first-order valence-electron chi connectivity index (χ1n) is 10.0. The molecule has 0 radical (unpaired) electrons. The van der Waals surface area contributed by atoms with Crippen LogP contribution in [-0.2, 0) is 4.74 Å². The van der Waals surface area contributed by atoms with E-state index in [0.717, 1.165) is 24.3 Å². The summed E-state index contributed by atoms with van der Waals surface area (Å²) >= 11 is 0. The molecule has 154 valence electrons. The molecule has 1 aliphatic heterocycles. The van der Waals surface area contributed by atoms with Crippen molar-refractivity contribution in [3.63, 3.8) is 0 Å². The second-order valence-electron chi connectivity index (χ2n) is 7.12. The van der Waals surface area contributed by atoms with Gasteiger partial charge >= 0.3 is 0 Å². The van der Waals surface area contributed by atoms with Gasteiger partial charge in [0.05, 0.1) is 25.1 Å². The number of hydrogen-bond donors (Lipinski definition) is 0. The van der Waals surface area contributed by atoms with Crippen molar-refractivity contribution in [2.45, 2.75) is 0 Å². The molecule has 1 aliphatic rings. The van der Waals surface area contributed by atoms with Gasteiger partial charge in [0.25, 0.3) is 11.8 Å². The van der Waals surface area contributed by atoms with Crippen LogP contribution in [0.2, 0.25) is 0 Å². The van der Waals surface area contributed by atoms with Crippen molar-refractivity contribution in [3.05, 3.63) is 61.1 Å². The zero-order chi connectivity index (χ0) is 20.6. The summed E-state index contributed by atoms with van der Waals surface area (Å²) in [7, 11) is 0. The summed E-state index contributed by atoms with van der Waals surface area (Å²) in [5, 5.41) is 4.69. The molecule has 1 aromatic carbocycles. The number of hydrogen-bond acceptors (Lipinski definition) is 8. The van der Waals surface area contributed by atoms with E-state index in [9.17, 15) is 0 Å². The first-order chi connectivity index (χ1) is 15.3. The molecule has 0 N–H and O–H groups in total. The second-order valence-corrected chi connectivity index (χ2v) is 7.12. The standard InChI is InChI=1S/C22H18N6O3/c1-2-4-15(5-3-1)16-6-8-28(26-16)22-24-17-14-18(21-23-7-11-30-21)31-19(17)20(25-22)27-9-12-29-13-10-27/h1-8,11,14H,9-10,12-13H2. The maximum atomic E-state index is 6.07. The minimum atomic E-state index is 0.401. The van der Waals surface area contributed by atoms with Crippen LogP contribution in [0.25, 0.3) is 40.0 Å². The average molecular weight is 414 g/mol. The molecule has 31 heavy (non-hydrogen) atoms. The van der Waals surface area contributed by atoms with E-state index in [1.807, 2.05) is 48.7 Å². The molecular weight excluding hydrogens is 396 g/mol. The molecule has 0 spiro atoms. The number of anilines is 1. The molecule has 9 nitrogen and oxygen atoms in total. The maximum Gasteiger partial charge on any atom is 0.262 e. The predicted molar refractivity (Wildman–Crippen MR) is 113 cm³/mol. The molecular formula is C22H18N6O3. The van der Waals surface area contributed by atoms with Crippen LogP contribution in [0.5, 0.6) is 0 Å². The van der Waals surface area contributed by atoms with Crippen molar-refractivity contribution in [1.29, 1.82) is 0 Å². The molecule has 1 saturated heterocycles. The fraction of sp³-hybridized carbons (Fsp3) is 0.182. The first kappa shape index (κ1) is 17.8. The van der Waals surface area contributed by atoms with Crippen LogP contribution in [0, 0.1) is 0 Å². The third kappa shape index (κ3) is 3.24. The summed E-state index contributed by atoms with van der Waals surface area (Å²) in [6, 6.07) is 13.8. The molecule has 0 unspecified atom stereocenters. The van der Waals surface area contributed by atoms with Crippen molar-refractivity contribution in [2.75, 3.05) is 31.2 Å². The molecule has 6 rings (SSSR count). The van der Waals surface area contributed by atoms with E-state index in [4.69, 9.17) is 23.5 Å². The second kappa shape index (κ2) is 7.37. The van der Waals surface area contributed by atoms with E-state index in [1.54, 1.807) is 10.9 Å². The fourth-order valence-electron chi connectivity index (χ4n) is 3.64. The highest BCUT2D eigenvalue weighted by atomic mass is 16.5. The Bertz CT molecular complexity index is 1320. The normalized spacial score (nSPS) is 14.4. The zero-order valence-electron chi connectivity index (χ0n) is 16.5. The van der Waals surface area contributed by atoms with Crippen molar-refractivity contribution in [3.8, 4) is 28.9 Å². The lowest BCUT2D eigenvalue weighted by atomic mass is 10.2. The molecule has 4 aromatic heterocycles. The molecule has 0 aliphatic carbocycles. The van der Waals surface area contributed by atoms with Crippen LogP contribution in [0.4, 0.5) is 5.82 Å². The lowest BCUT2D eigenvalue weighted by molar-refractivity contribution is 0.122. The van der Waals surface area contributed by atoms with E-state index < -0.39 is 0 Å². The van der Waals surface area contributed by atoms with Crippen LogP contribution in [0.15, 0.2) is 70.0 Å². The van der Waals surface area contributed by atoms with Crippen molar-refractivity contribution in [1.82, 2.24) is 24.7 Å². The topological polar surface area (TPSA) is 95.2 Å². The molecule has 9 heteroatoms. The quantitative estimate of drug-likeness (QED) is 0.440. The summed E-state index contributed by atoms with van der Waals surface area (Å²) in [5.74, 6) is 2.08. The Balaban J connectivity index is 1.48. The number of rotatable bonds is 4. The van der Waals surface area contributed by atoms with Crippen LogP contribution < -0.4 is 4.90 Å². The largest absolute Gasteiger partial charge is 0.445 e. The highest BCUT2D eigenvalue weighted by Crippen LogP contribution is 2.32. The van der Waals surface area contributed by atoms with Gasteiger partial charge in [0.1, 0.15) is 11.8 Å². The Hall–Kier alpha value is -3.98. The van der Waals surface area contributed by atoms with Gasteiger partial charge in [-0.15, -0.1) is 0 Å². The van der Waals surface area contributed by atoms with E-state index >= 15 is 0 Å². The van der Waals surface area contributed by atoms with E-state index in [2.05, 4.69) is 15.0 Å². The number of benzene rings is 1. The Morgan fingerprint density at radius 1 is 0.968 bits per heavy atom. The summed E-state index contributed by atoms with van der Waals surface area (Å²) in [6.07, 6.45) is 4.95.